The molecule has 0 amide bonds. The minimum atomic E-state index is -0.141. The summed E-state index contributed by atoms with van der Waals surface area (Å²) in [5, 5.41) is 9.20. The summed E-state index contributed by atoms with van der Waals surface area (Å²) < 4.78 is 0. The van der Waals surface area contributed by atoms with Gasteiger partial charge in [0.1, 0.15) is 0 Å². The first-order valence-corrected chi connectivity index (χ1v) is 4.17. The van der Waals surface area contributed by atoms with E-state index in [1.165, 1.54) is 0 Å². The maximum Gasteiger partial charge on any atom is 0.203 e. The molecule has 0 heterocycles. The first-order valence-electron chi connectivity index (χ1n) is 4.17. The largest absolute Gasteiger partial charge is 0.393 e. The van der Waals surface area contributed by atoms with Gasteiger partial charge in [-0.2, -0.15) is 0 Å². The van der Waals surface area contributed by atoms with E-state index in [-0.39, 0.29) is 12.1 Å². The molecule has 12 heavy (non-hydrogen) atoms. The molecule has 0 aliphatic heterocycles. The van der Waals surface area contributed by atoms with Crippen LogP contribution in [0.3, 0.4) is 0 Å². The number of aliphatic imine (C=N–C) groups is 1. The van der Waals surface area contributed by atoms with Gasteiger partial charge < -0.3 is 10.8 Å². The lowest BCUT2D eigenvalue weighted by molar-refractivity contribution is 0.178. The Morgan fingerprint density at radius 2 is 2.33 bits per heavy atom. The number of guanidine groups is 1. The van der Waals surface area contributed by atoms with E-state index in [2.05, 4.69) is 10.4 Å². The first-order chi connectivity index (χ1) is 5.72. The molecule has 1 saturated carbocycles. The average Bonchev–Trinajstić information content (AvgIpc) is 2.47. The van der Waals surface area contributed by atoms with Gasteiger partial charge in [0, 0.05) is 6.54 Å². The molecule has 2 unspecified atom stereocenters. The molecule has 0 aromatic heterocycles. The monoisotopic (exact) mass is 172 g/mol. The van der Waals surface area contributed by atoms with Gasteiger partial charge in [0.05, 0.1) is 6.10 Å². The first kappa shape index (κ1) is 9.28. The standard InChI is InChI=1S/C7H16N4O/c8-7(11-9)10-4-5-1-2-6(12)3-5/h5-6,12H,1-4,9H2,(H3,8,10,11). The minimum absolute atomic E-state index is 0.141. The summed E-state index contributed by atoms with van der Waals surface area (Å²) in [5.74, 6) is 5.75. The maximum atomic E-state index is 9.20. The van der Waals surface area contributed by atoms with E-state index in [4.69, 9.17) is 11.6 Å². The van der Waals surface area contributed by atoms with Crippen LogP contribution in [0.25, 0.3) is 0 Å². The van der Waals surface area contributed by atoms with Gasteiger partial charge in [-0.05, 0) is 25.2 Å². The van der Waals surface area contributed by atoms with Crippen molar-refractivity contribution in [2.24, 2.45) is 22.5 Å². The molecule has 2 atom stereocenters. The number of aliphatic hydroxyl groups excluding tert-OH is 1. The summed E-state index contributed by atoms with van der Waals surface area (Å²) in [6, 6.07) is 0. The maximum absolute atomic E-state index is 9.20. The van der Waals surface area contributed by atoms with Crippen LogP contribution in [-0.2, 0) is 0 Å². The molecule has 1 rings (SSSR count). The number of aliphatic hydroxyl groups is 1. The highest BCUT2D eigenvalue weighted by atomic mass is 16.3. The number of nitrogens with zero attached hydrogens (tertiary/aromatic N) is 1. The number of rotatable bonds is 2. The zero-order chi connectivity index (χ0) is 8.97. The van der Waals surface area contributed by atoms with Gasteiger partial charge in [-0.25, -0.2) is 5.84 Å². The second kappa shape index (κ2) is 4.27. The summed E-state index contributed by atoms with van der Waals surface area (Å²) >= 11 is 0. The number of hydrogen-bond donors (Lipinski definition) is 4. The lowest BCUT2D eigenvalue weighted by Gasteiger charge is -2.05. The lowest BCUT2D eigenvalue weighted by Crippen LogP contribution is -2.37. The number of nitrogens with two attached hydrogens (primary N) is 2. The van der Waals surface area contributed by atoms with Crippen molar-refractivity contribution in [1.29, 1.82) is 0 Å². The summed E-state index contributed by atoms with van der Waals surface area (Å²) in [4.78, 5) is 4.01. The van der Waals surface area contributed by atoms with E-state index in [1.807, 2.05) is 0 Å². The molecule has 1 aliphatic rings. The van der Waals surface area contributed by atoms with Gasteiger partial charge in [-0.1, -0.05) is 0 Å². The van der Waals surface area contributed by atoms with Crippen molar-refractivity contribution in [2.75, 3.05) is 6.54 Å². The van der Waals surface area contributed by atoms with Crippen molar-refractivity contribution in [3.05, 3.63) is 0 Å². The third-order valence-electron chi connectivity index (χ3n) is 2.18. The van der Waals surface area contributed by atoms with Crippen LogP contribution in [0.4, 0.5) is 0 Å². The zero-order valence-electron chi connectivity index (χ0n) is 7.03. The Kier molecular flexibility index (Phi) is 3.31. The van der Waals surface area contributed by atoms with Gasteiger partial charge in [0.15, 0.2) is 0 Å². The van der Waals surface area contributed by atoms with Crippen LogP contribution in [0.15, 0.2) is 4.99 Å². The van der Waals surface area contributed by atoms with Crippen LogP contribution in [0.5, 0.6) is 0 Å². The molecule has 1 fully saturated rings. The van der Waals surface area contributed by atoms with Crippen molar-refractivity contribution >= 4 is 5.96 Å². The van der Waals surface area contributed by atoms with Crippen molar-refractivity contribution in [3.63, 3.8) is 0 Å². The second-order valence-electron chi connectivity index (χ2n) is 3.20. The van der Waals surface area contributed by atoms with Crippen LogP contribution >= 0.6 is 0 Å². The average molecular weight is 172 g/mol. The Hall–Kier alpha value is -0.810. The Morgan fingerprint density at radius 1 is 1.58 bits per heavy atom. The van der Waals surface area contributed by atoms with Crippen LogP contribution in [-0.4, -0.2) is 23.7 Å². The minimum Gasteiger partial charge on any atom is -0.393 e. The van der Waals surface area contributed by atoms with Gasteiger partial charge in [-0.3, -0.25) is 10.4 Å². The number of nitrogens with one attached hydrogen (secondary N) is 1. The van der Waals surface area contributed by atoms with Crippen molar-refractivity contribution < 1.29 is 5.11 Å². The molecule has 0 radical (unpaired) electrons. The Morgan fingerprint density at radius 3 is 2.83 bits per heavy atom. The van der Waals surface area contributed by atoms with E-state index in [0.29, 0.717) is 12.5 Å². The van der Waals surface area contributed by atoms with E-state index in [1.54, 1.807) is 0 Å². The second-order valence-corrected chi connectivity index (χ2v) is 3.20. The topological polar surface area (TPSA) is 96.7 Å². The normalized spacial score (nSPS) is 30.7. The highest BCUT2D eigenvalue weighted by Gasteiger charge is 2.22. The summed E-state index contributed by atoms with van der Waals surface area (Å²) in [6.45, 7) is 0.660. The number of hydrogen-bond acceptors (Lipinski definition) is 3. The molecule has 1 aliphatic carbocycles. The molecule has 6 N–H and O–H groups in total. The molecule has 5 heteroatoms. The molecular weight excluding hydrogens is 156 g/mol. The molecule has 5 nitrogen and oxygen atoms in total. The van der Waals surface area contributed by atoms with Crippen LogP contribution in [0.1, 0.15) is 19.3 Å². The van der Waals surface area contributed by atoms with E-state index < -0.39 is 0 Å². The third-order valence-corrected chi connectivity index (χ3v) is 2.18. The molecule has 70 valence electrons. The summed E-state index contributed by atoms with van der Waals surface area (Å²) in [7, 11) is 0. The van der Waals surface area contributed by atoms with Gasteiger partial charge in [0.25, 0.3) is 0 Å². The van der Waals surface area contributed by atoms with Crippen molar-refractivity contribution in [3.8, 4) is 0 Å². The third kappa shape index (κ3) is 2.67. The fourth-order valence-corrected chi connectivity index (χ4v) is 1.49. The predicted octanol–water partition coefficient (Wildman–Crippen LogP) is -1.07. The van der Waals surface area contributed by atoms with E-state index >= 15 is 0 Å². The van der Waals surface area contributed by atoms with Gasteiger partial charge in [-0.15, -0.1) is 0 Å². The smallest absolute Gasteiger partial charge is 0.203 e. The predicted molar refractivity (Wildman–Crippen MR) is 47.2 cm³/mol. The highest BCUT2D eigenvalue weighted by Crippen LogP contribution is 2.25. The molecular formula is C7H16N4O. The molecule has 0 aromatic rings. The van der Waals surface area contributed by atoms with Crippen LogP contribution < -0.4 is 17.0 Å². The molecule has 0 saturated heterocycles. The Labute approximate surface area is 71.8 Å². The van der Waals surface area contributed by atoms with E-state index in [9.17, 15) is 5.11 Å². The van der Waals surface area contributed by atoms with Crippen molar-refractivity contribution in [1.82, 2.24) is 5.43 Å². The van der Waals surface area contributed by atoms with Gasteiger partial charge >= 0.3 is 0 Å². The fourth-order valence-electron chi connectivity index (χ4n) is 1.49. The molecule has 0 bridgehead atoms. The molecule has 0 aromatic carbocycles. The quantitative estimate of drug-likeness (QED) is 0.184. The Bertz CT molecular complexity index is 171. The van der Waals surface area contributed by atoms with Crippen molar-refractivity contribution in [2.45, 2.75) is 25.4 Å². The Balaban J connectivity index is 2.24. The fraction of sp³-hybridized carbons (Fsp3) is 0.857. The van der Waals surface area contributed by atoms with Gasteiger partial charge in [0.2, 0.25) is 5.96 Å². The summed E-state index contributed by atoms with van der Waals surface area (Å²) in [6.07, 6.45) is 2.61. The van der Waals surface area contributed by atoms with Crippen LogP contribution in [0.2, 0.25) is 0 Å². The SMILES string of the molecule is NNC(N)=NCC1CCC(O)C1. The molecule has 0 spiro atoms. The zero-order valence-corrected chi connectivity index (χ0v) is 7.03. The van der Waals surface area contributed by atoms with Crippen LogP contribution in [0, 0.1) is 5.92 Å². The van der Waals surface area contributed by atoms with E-state index in [0.717, 1.165) is 19.3 Å². The number of hydrazine groups is 1. The lowest BCUT2D eigenvalue weighted by atomic mass is 10.1. The highest BCUT2D eigenvalue weighted by molar-refractivity contribution is 5.77. The summed E-state index contributed by atoms with van der Waals surface area (Å²) in [5.41, 5.74) is 7.60.